The maximum Gasteiger partial charge on any atom is 0.0947 e. The molecule has 2 rings (SSSR count). The normalized spacial score (nSPS) is 12.6. The fraction of sp³-hybridized carbons (Fsp3) is 0.286. The fourth-order valence-electron chi connectivity index (χ4n) is 1.77. The molecule has 1 unspecified atom stereocenters. The third-order valence-corrected chi connectivity index (χ3v) is 2.90. The smallest absolute Gasteiger partial charge is 0.0947 e. The van der Waals surface area contributed by atoms with Crippen LogP contribution < -0.4 is 5.32 Å². The number of nitrogens with one attached hydrogen (secondary N) is 1. The third kappa shape index (κ3) is 3.91. The topological polar surface area (TPSA) is 25.2 Å². The minimum absolute atomic E-state index is 0.406. The Morgan fingerprint density at radius 2 is 2.18 bits per heavy atom. The van der Waals surface area contributed by atoms with Crippen LogP contribution in [0.3, 0.4) is 0 Å². The van der Waals surface area contributed by atoms with Crippen molar-refractivity contribution in [3.05, 3.63) is 59.0 Å². The van der Waals surface area contributed by atoms with Gasteiger partial charge in [-0.25, -0.2) is 0 Å². The summed E-state index contributed by atoms with van der Waals surface area (Å²) >= 11 is 5.95. The molecule has 1 heterocycles. The van der Waals surface area contributed by atoms with E-state index in [1.54, 1.807) is 12.5 Å². The van der Waals surface area contributed by atoms with E-state index in [0.717, 1.165) is 18.0 Å². The van der Waals surface area contributed by atoms with Gasteiger partial charge in [-0.3, -0.25) is 0 Å². The van der Waals surface area contributed by atoms with Crippen molar-refractivity contribution >= 4 is 11.6 Å². The molecule has 2 aromatic rings. The van der Waals surface area contributed by atoms with Crippen LogP contribution >= 0.6 is 11.6 Å². The average molecular weight is 250 g/mol. The molecule has 0 spiro atoms. The van der Waals surface area contributed by atoms with Crippen LogP contribution in [0.15, 0.2) is 47.3 Å². The van der Waals surface area contributed by atoms with Gasteiger partial charge >= 0.3 is 0 Å². The molecule has 3 heteroatoms. The summed E-state index contributed by atoms with van der Waals surface area (Å²) in [6.07, 6.45) is 4.43. The Labute approximate surface area is 107 Å². The summed E-state index contributed by atoms with van der Waals surface area (Å²) in [4.78, 5) is 0. The Bertz CT molecular complexity index is 453. The van der Waals surface area contributed by atoms with Crippen molar-refractivity contribution in [1.82, 2.24) is 5.32 Å². The summed E-state index contributed by atoms with van der Waals surface area (Å²) < 4.78 is 5.02. The molecule has 90 valence electrons. The first-order chi connectivity index (χ1) is 8.24. The largest absolute Gasteiger partial charge is 0.472 e. The molecule has 0 aliphatic rings. The van der Waals surface area contributed by atoms with Crippen LogP contribution in [-0.2, 0) is 13.0 Å². The monoisotopic (exact) mass is 249 g/mol. The highest BCUT2D eigenvalue weighted by Gasteiger charge is 2.04. The number of hydrogen-bond acceptors (Lipinski definition) is 2. The lowest BCUT2D eigenvalue weighted by atomic mass is 10.1. The Kier molecular flexibility index (Phi) is 4.24. The van der Waals surface area contributed by atoms with Crippen molar-refractivity contribution in [2.75, 3.05) is 0 Å². The van der Waals surface area contributed by atoms with Crippen molar-refractivity contribution in [1.29, 1.82) is 0 Å². The van der Waals surface area contributed by atoms with E-state index in [1.165, 1.54) is 11.1 Å². The highest BCUT2D eigenvalue weighted by molar-refractivity contribution is 6.30. The van der Waals surface area contributed by atoms with Gasteiger partial charge in [-0.2, -0.15) is 0 Å². The summed E-state index contributed by atoms with van der Waals surface area (Å²) in [7, 11) is 0. The van der Waals surface area contributed by atoms with Gasteiger partial charge in [0.25, 0.3) is 0 Å². The van der Waals surface area contributed by atoms with Crippen molar-refractivity contribution in [2.45, 2.75) is 25.9 Å². The van der Waals surface area contributed by atoms with Crippen LogP contribution in [0.5, 0.6) is 0 Å². The SMILES string of the molecule is CC(Cc1cccc(Cl)c1)NCc1ccoc1. The highest BCUT2D eigenvalue weighted by atomic mass is 35.5. The minimum atomic E-state index is 0.406. The number of halogens is 1. The van der Waals surface area contributed by atoms with Crippen LogP contribution in [0.2, 0.25) is 5.02 Å². The zero-order valence-electron chi connectivity index (χ0n) is 9.82. The van der Waals surface area contributed by atoms with Gasteiger partial charge in [-0.15, -0.1) is 0 Å². The number of hydrogen-bond donors (Lipinski definition) is 1. The van der Waals surface area contributed by atoms with E-state index < -0.39 is 0 Å². The molecule has 1 aromatic heterocycles. The van der Waals surface area contributed by atoms with Gasteiger partial charge < -0.3 is 9.73 Å². The molecule has 0 bridgehead atoms. The molecule has 0 saturated carbocycles. The fourth-order valence-corrected chi connectivity index (χ4v) is 1.99. The van der Waals surface area contributed by atoms with Crippen LogP contribution in [0.4, 0.5) is 0 Å². The molecule has 0 radical (unpaired) electrons. The first-order valence-electron chi connectivity index (χ1n) is 5.73. The van der Waals surface area contributed by atoms with E-state index in [1.807, 2.05) is 24.3 Å². The van der Waals surface area contributed by atoms with Crippen molar-refractivity contribution in [3.63, 3.8) is 0 Å². The Balaban J connectivity index is 1.83. The number of furan rings is 1. The molecule has 0 aliphatic heterocycles. The van der Waals surface area contributed by atoms with Gasteiger partial charge in [0, 0.05) is 23.2 Å². The van der Waals surface area contributed by atoms with E-state index in [0.29, 0.717) is 6.04 Å². The van der Waals surface area contributed by atoms with Crippen LogP contribution in [0, 0.1) is 0 Å². The quantitative estimate of drug-likeness (QED) is 0.875. The van der Waals surface area contributed by atoms with E-state index in [9.17, 15) is 0 Å². The predicted octanol–water partition coefficient (Wildman–Crippen LogP) is 3.65. The number of benzene rings is 1. The molecule has 0 aliphatic carbocycles. The molecule has 2 nitrogen and oxygen atoms in total. The first kappa shape index (κ1) is 12.2. The second-order valence-corrected chi connectivity index (χ2v) is 4.68. The van der Waals surface area contributed by atoms with E-state index in [4.69, 9.17) is 16.0 Å². The lowest BCUT2D eigenvalue weighted by Gasteiger charge is -2.13. The lowest BCUT2D eigenvalue weighted by molar-refractivity contribution is 0.532. The summed E-state index contributed by atoms with van der Waals surface area (Å²) in [5.74, 6) is 0. The molecular formula is C14H16ClNO. The minimum Gasteiger partial charge on any atom is -0.472 e. The second-order valence-electron chi connectivity index (χ2n) is 4.25. The average Bonchev–Trinajstić information content (AvgIpc) is 2.79. The zero-order valence-corrected chi connectivity index (χ0v) is 10.6. The summed E-state index contributed by atoms with van der Waals surface area (Å²) in [6, 6.07) is 10.4. The maximum atomic E-state index is 5.95. The van der Waals surface area contributed by atoms with Crippen LogP contribution in [-0.4, -0.2) is 6.04 Å². The maximum absolute atomic E-state index is 5.95. The standard InChI is InChI=1S/C14H16ClNO/c1-11(16-9-13-5-6-17-10-13)7-12-3-2-4-14(15)8-12/h2-6,8,10-11,16H,7,9H2,1H3. The van der Waals surface area contributed by atoms with Gasteiger partial charge in [0.1, 0.15) is 0 Å². The molecule has 0 saturated heterocycles. The molecule has 1 atom stereocenters. The summed E-state index contributed by atoms with van der Waals surface area (Å²) in [5, 5.41) is 4.25. The van der Waals surface area contributed by atoms with E-state index in [2.05, 4.69) is 18.3 Å². The first-order valence-corrected chi connectivity index (χ1v) is 6.11. The molecule has 1 aromatic carbocycles. The van der Waals surface area contributed by atoms with Crippen molar-refractivity contribution in [2.24, 2.45) is 0 Å². The molecule has 0 fully saturated rings. The molecule has 17 heavy (non-hydrogen) atoms. The highest BCUT2D eigenvalue weighted by Crippen LogP contribution is 2.12. The Morgan fingerprint density at radius 3 is 2.88 bits per heavy atom. The predicted molar refractivity (Wildman–Crippen MR) is 70.2 cm³/mol. The Morgan fingerprint density at radius 1 is 1.29 bits per heavy atom. The van der Waals surface area contributed by atoms with Crippen molar-refractivity contribution in [3.8, 4) is 0 Å². The molecule has 0 amide bonds. The van der Waals surface area contributed by atoms with Crippen LogP contribution in [0.25, 0.3) is 0 Å². The summed E-state index contributed by atoms with van der Waals surface area (Å²) in [5.41, 5.74) is 2.42. The van der Waals surface area contributed by atoms with Gasteiger partial charge in [0.2, 0.25) is 0 Å². The zero-order chi connectivity index (χ0) is 12.1. The van der Waals surface area contributed by atoms with Gasteiger partial charge in [0.05, 0.1) is 12.5 Å². The molecular weight excluding hydrogens is 234 g/mol. The molecule has 1 N–H and O–H groups in total. The van der Waals surface area contributed by atoms with Crippen molar-refractivity contribution < 1.29 is 4.42 Å². The Hall–Kier alpha value is -1.25. The third-order valence-electron chi connectivity index (χ3n) is 2.67. The summed E-state index contributed by atoms with van der Waals surface area (Å²) in [6.45, 7) is 3.00. The number of rotatable bonds is 5. The lowest BCUT2D eigenvalue weighted by Crippen LogP contribution is -2.27. The van der Waals surface area contributed by atoms with Gasteiger partial charge in [-0.05, 0) is 37.1 Å². The van der Waals surface area contributed by atoms with E-state index >= 15 is 0 Å². The van der Waals surface area contributed by atoms with Crippen LogP contribution in [0.1, 0.15) is 18.1 Å². The van der Waals surface area contributed by atoms with E-state index in [-0.39, 0.29) is 0 Å². The van der Waals surface area contributed by atoms with Gasteiger partial charge in [-0.1, -0.05) is 23.7 Å². The van der Waals surface area contributed by atoms with Gasteiger partial charge in [0.15, 0.2) is 0 Å². The second kappa shape index (κ2) is 5.89.